The van der Waals surface area contributed by atoms with Crippen LogP contribution in [0.3, 0.4) is 0 Å². The van der Waals surface area contributed by atoms with Gasteiger partial charge in [0.25, 0.3) is 0 Å². The van der Waals surface area contributed by atoms with Gasteiger partial charge in [-0.2, -0.15) is 4.31 Å². The highest BCUT2D eigenvalue weighted by molar-refractivity contribution is 7.89. The van der Waals surface area contributed by atoms with E-state index in [9.17, 15) is 18.3 Å². The topological polar surface area (TPSA) is 83.9 Å². The number of ether oxygens (including phenoxy) is 1. The van der Waals surface area contributed by atoms with Gasteiger partial charge in [-0.05, 0) is 30.2 Å². The molecular weight excluding hydrogens is 314 g/mol. The summed E-state index contributed by atoms with van der Waals surface area (Å²) in [5.41, 5.74) is 0.477. The number of hydrogen-bond donors (Lipinski definition) is 1. The summed E-state index contributed by atoms with van der Waals surface area (Å²) in [5, 5.41) is 10.7. The zero-order valence-electron chi connectivity index (χ0n) is 12.2. The average molecular weight is 333 g/mol. The number of nitrogens with zero attached hydrogens (tertiary/aromatic N) is 1. The zero-order valence-corrected chi connectivity index (χ0v) is 13.8. The molecule has 0 bridgehead atoms. The number of hydrogen-bond acceptors (Lipinski definition) is 5. The molecule has 2 heterocycles. The van der Waals surface area contributed by atoms with Gasteiger partial charge in [0.2, 0.25) is 10.0 Å². The Kier molecular flexibility index (Phi) is 4.72. The standard InChI is InChI=1S/C13H19NO5S2/c1-8-4-5-14(6-10(8)19-3)21(17,18)12-9(2)7-20-11(12)13(15)16/h7-8,10H,4-6H2,1-3H3,(H,15,16). The van der Waals surface area contributed by atoms with Crippen molar-refractivity contribution in [2.75, 3.05) is 20.2 Å². The van der Waals surface area contributed by atoms with Gasteiger partial charge in [0.15, 0.2) is 0 Å². The second-order valence-corrected chi connectivity index (χ2v) is 8.04. The van der Waals surface area contributed by atoms with Gasteiger partial charge in [-0.3, -0.25) is 0 Å². The zero-order chi connectivity index (χ0) is 15.8. The Labute approximate surface area is 128 Å². The molecule has 2 rings (SSSR count). The molecule has 0 amide bonds. The van der Waals surface area contributed by atoms with Crippen molar-refractivity contribution in [3.63, 3.8) is 0 Å². The average Bonchev–Trinajstić information content (AvgIpc) is 2.81. The Morgan fingerprint density at radius 2 is 2.19 bits per heavy atom. The van der Waals surface area contributed by atoms with E-state index in [0.717, 1.165) is 11.3 Å². The smallest absolute Gasteiger partial charge is 0.347 e. The van der Waals surface area contributed by atoms with Crippen LogP contribution in [0.1, 0.15) is 28.6 Å². The van der Waals surface area contributed by atoms with Crippen molar-refractivity contribution in [1.82, 2.24) is 4.31 Å². The molecule has 2 unspecified atom stereocenters. The van der Waals surface area contributed by atoms with Crippen LogP contribution < -0.4 is 0 Å². The Bertz CT molecular complexity index is 637. The lowest BCUT2D eigenvalue weighted by molar-refractivity contribution is 0.0183. The van der Waals surface area contributed by atoms with Gasteiger partial charge in [-0.15, -0.1) is 11.3 Å². The SMILES string of the molecule is COC1CN(S(=O)(=O)c2c(C)csc2C(=O)O)CCC1C. The Hall–Kier alpha value is -0.960. The van der Waals surface area contributed by atoms with Crippen LogP contribution in [0.25, 0.3) is 0 Å². The molecule has 1 aromatic rings. The predicted octanol–water partition coefficient (Wildman–Crippen LogP) is 1.80. The summed E-state index contributed by atoms with van der Waals surface area (Å²) in [7, 11) is -2.24. The van der Waals surface area contributed by atoms with Crippen LogP contribution in [-0.4, -0.2) is 50.1 Å². The van der Waals surface area contributed by atoms with Gasteiger partial charge in [0.05, 0.1) is 6.10 Å². The van der Waals surface area contributed by atoms with Crippen LogP contribution in [0.4, 0.5) is 0 Å². The lowest BCUT2D eigenvalue weighted by Crippen LogP contribution is -2.46. The Balaban J connectivity index is 2.39. The molecule has 1 saturated heterocycles. The van der Waals surface area contributed by atoms with Crippen molar-refractivity contribution < 1.29 is 23.1 Å². The molecule has 1 aliphatic rings. The lowest BCUT2D eigenvalue weighted by atomic mass is 9.97. The summed E-state index contributed by atoms with van der Waals surface area (Å²) < 4.78 is 32.2. The van der Waals surface area contributed by atoms with Crippen LogP contribution in [0.2, 0.25) is 0 Å². The predicted molar refractivity (Wildman–Crippen MR) is 79.4 cm³/mol. The second kappa shape index (κ2) is 6.04. The first-order valence-electron chi connectivity index (χ1n) is 6.63. The van der Waals surface area contributed by atoms with E-state index in [1.807, 2.05) is 6.92 Å². The molecule has 118 valence electrons. The van der Waals surface area contributed by atoms with E-state index in [0.29, 0.717) is 18.5 Å². The van der Waals surface area contributed by atoms with Crippen molar-refractivity contribution in [2.45, 2.75) is 31.3 Å². The summed E-state index contributed by atoms with van der Waals surface area (Å²) in [6.07, 6.45) is 0.532. The first-order chi connectivity index (χ1) is 9.78. The fraction of sp³-hybridized carbons (Fsp3) is 0.615. The molecule has 2 atom stereocenters. The normalized spacial score (nSPS) is 24.1. The van der Waals surface area contributed by atoms with Crippen molar-refractivity contribution in [1.29, 1.82) is 0 Å². The van der Waals surface area contributed by atoms with Crippen LogP contribution in [-0.2, 0) is 14.8 Å². The van der Waals surface area contributed by atoms with Crippen molar-refractivity contribution >= 4 is 27.3 Å². The minimum atomic E-state index is -3.81. The highest BCUT2D eigenvalue weighted by atomic mass is 32.2. The van der Waals surface area contributed by atoms with Gasteiger partial charge in [-0.1, -0.05) is 6.92 Å². The monoisotopic (exact) mass is 333 g/mol. The van der Waals surface area contributed by atoms with E-state index in [-0.39, 0.29) is 28.3 Å². The molecule has 0 radical (unpaired) electrons. The third-order valence-electron chi connectivity index (χ3n) is 3.86. The molecule has 0 saturated carbocycles. The first kappa shape index (κ1) is 16.4. The molecular formula is C13H19NO5S2. The molecule has 1 aromatic heterocycles. The molecule has 8 heteroatoms. The molecule has 1 N–H and O–H groups in total. The summed E-state index contributed by atoms with van der Waals surface area (Å²) in [4.78, 5) is 11.0. The number of rotatable bonds is 4. The molecule has 0 aliphatic carbocycles. The number of aromatic carboxylic acids is 1. The van der Waals surface area contributed by atoms with Crippen LogP contribution in [0.5, 0.6) is 0 Å². The van der Waals surface area contributed by atoms with Crippen molar-refractivity contribution in [3.8, 4) is 0 Å². The van der Waals surface area contributed by atoms with Gasteiger partial charge in [0, 0.05) is 20.2 Å². The molecule has 1 fully saturated rings. The van der Waals surface area contributed by atoms with Gasteiger partial charge in [-0.25, -0.2) is 13.2 Å². The number of thiophene rings is 1. The fourth-order valence-electron chi connectivity index (χ4n) is 2.56. The quantitative estimate of drug-likeness (QED) is 0.908. The van der Waals surface area contributed by atoms with E-state index < -0.39 is 16.0 Å². The van der Waals surface area contributed by atoms with E-state index in [1.54, 1.807) is 19.4 Å². The third kappa shape index (κ3) is 2.98. The maximum absolute atomic E-state index is 12.8. The Morgan fingerprint density at radius 1 is 1.52 bits per heavy atom. The molecule has 0 spiro atoms. The second-order valence-electron chi connectivity index (χ2n) is 5.29. The van der Waals surface area contributed by atoms with Crippen LogP contribution in [0, 0.1) is 12.8 Å². The van der Waals surface area contributed by atoms with Crippen molar-refractivity contribution in [3.05, 3.63) is 15.8 Å². The number of aryl methyl sites for hydroxylation is 1. The molecule has 21 heavy (non-hydrogen) atoms. The fourth-order valence-corrected chi connectivity index (χ4v) is 5.61. The highest BCUT2D eigenvalue weighted by Crippen LogP contribution is 2.32. The molecule has 0 aromatic carbocycles. The third-order valence-corrected chi connectivity index (χ3v) is 7.13. The van der Waals surface area contributed by atoms with Crippen molar-refractivity contribution in [2.24, 2.45) is 5.92 Å². The van der Waals surface area contributed by atoms with Gasteiger partial charge in [0.1, 0.15) is 9.77 Å². The van der Waals surface area contributed by atoms with Gasteiger partial charge < -0.3 is 9.84 Å². The van der Waals surface area contributed by atoms with E-state index in [4.69, 9.17) is 4.74 Å². The van der Waals surface area contributed by atoms with E-state index in [1.165, 1.54) is 4.31 Å². The molecule has 6 nitrogen and oxygen atoms in total. The molecule has 1 aliphatic heterocycles. The maximum atomic E-state index is 12.8. The summed E-state index contributed by atoms with van der Waals surface area (Å²) >= 11 is 0.946. The number of methoxy groups -OCH3 is 1. The Morgan fingerprint density at radius 3 is 2.76 bits per heavy atom. The van der Waals surface area contributed by atoms with E-state index >= 15 is 0 Å². The van der Waals surface area contributed by atoms with Crippen LogP contribution in [0.15, 0.2) is 10.3 Å². The lowest BCUT2D eigenvalue weighted by Gasteiger charge is -2.35. The highest BCUT2D eigenvalue weighted by Gasteiger charge is 2.37. The van der Waals surface area contributed by atoms with Gasteiger partial charge >= 0.3 is 5.97 Å². The number of carboxylic acid groups (broad SMARTS) is 1. The van der Waals surface area contributed by atoms with E-state index in [2.05, 4.69) is 0 Å². The number of carbonyl (C=O) groups is 1. The minimum Gasteiger partial charge on any atom is -0.477 e. The number of carboxylic acids is 1. The summed E-state index contributed by atoms with van der Waals surface area (Å²) in [5.74, 6) is -0.927. The maximum Gasteiger partial charge on any atom is 0.347 e. The largest absolute Gasteiger partial charge is 0.477 e. The minimum absolute atomic E-state index is 0.0793. The van der Waals surface area contributed by atoms with Crippen LogP contribution >= 0.6 is 11.3 Å². The summed E-state index contributed by atoms with van der Waals surface area (Å²) in [6, 6.07) is 0. The summed E-state index contributed by atoms with van der Waals surface area (Å²) in [6.45, 7) is 4.29. The first-order valence-corrected chi connectivity index (χ1v) is 8.95. The number of sulfonamides is 1. The number of piperidine rings is 1.